The second-order valence-electron chi connectivity index (χ2n) is 5.09. The Morgan fingerprint density at radius 3 is 2.67 bits per heavy atom. The van der Waals surface area contributed by atoms with Crippen LogP contribution >= 0.6 is 0 Å². The quantitative estimate of drug-likeness (QED) is 0.502. The first-order valence-electron chi connectivity index (χ1n) is 5.83. The third-order valence-corrected chi connectivity index (χ3v) is 4.08. The number of rotatable bonds is 0. The van der Waals surface area contributed by atoms with Crippen molar-refractivity contribution in [2.75, 3.05) is 5.73 Å². The van der Waals surface area contributed by atoms with E-state index in [2.05, 4.69) is 6.07 Å². The van der Waals surface area contributed by atoms with Crippen molar-refractivity contribution in [3.05, 3.63) is 23.3 Å². The Balaban J connectivity index is 2.08. The summed E-state index contributed by atoms with van der Waals surface area (Å²) in [6.07, 6.45) is 6.32. The third kappa shape index (κ3) is 1.39. The topological polar surface area (TPSA) is 46.2 Å². The molecule has 0 aromatic heterocycles. The smallest absolute Gasteiger partial charge is 0.138 e. The van der Waals surface area contributed by atoms with Gasteiger partial charge in [-0.2, -0.15) is 0 Å². The molecule has 2 aliphatic rings. The Kier molecular flexibility index (Phi) is 1.91. The van der Waals surface area contributed by atoms with E-state index in [1.165, 1.54) is 30.4 Å². The predicted octanol–water partition coefficient (Wildman–Crippen LogP) is 2.49. The molecule has 0 aliphatic heterocycles. The van der Waals surface area contributed by atoms with Crippen molar-refractivity contribution < 1.29 is 5.11 Å². The van der Waals surface area contributed by atoms with Gasteiger partial charge in [-0.3, -0.25) is 0 Å². The van der Waals surface area contributed by atoms with Gasteiger partial charge in [0, 0.05) is 0 Å². The van der Waals surface area contributed by atoms with Crippen LogP contribution in [0.4, 0.5) is 5.69 Å². The molecular weight excluding hydrogens is 186 g/mol. The molecule has 15 heavy (non-hydrogen) atoms. The summed E-state index contributed by atoms with van der Waals surface area (Å²) in [5.41, 5.74) is 9.18. The molecule has 0 heterocycles. The van der Waals surface area contributed by atoms with Crippen molar-refractivity contribution in [2.24, 2.45) is 11.8 Å². The Labute approximate surface area is 90.1 Å². The molecule has 2 atom stereocenters. The summed E-state index contributed by atoms with van der Waals surface area (Å²) in [4.78, 5) is 0. The Morgan fingerprint density at radius 1 is 1.13 bits per heavy atom. The van der Waals surface area contributed by atoms with Gasteiger partial charge in [0.2, 0.25) is 0 Å². The highest BCUT2D eigenvalue weighted by molar-refractivity contribution is 5.61. The number of phenols is 1. The number of nitrogen functional groups attached to an aromatic ring is 1. The van der Waals surface area contributed by atoms with Gasteiger partial charge >= 0.3 is 0 Å². The van der Waals surface area contributed by atoms with Gasteiger partial charge in [0.05, 0.1) is 5.69 Å². The molecule has 2 aliphatic carbocycles. The fourth-order valence-electron chi connectivity index (χ4n) is 3.28. The van der Waals surface area contributed by atoms with Crippen molar-refractivity contribution in [3.63, 3.8) is 0 Å². The molecule has 2 heteroatoms. The lowest BCUT2D eigenvalue weighted by Gasteiger charge is -2.16. The van der Waals surface area contributed by atoms with Crippen molar-refractivity contribution >= 4 is 5.69 Å². The van der Waals surface area contributed by atoms with Crippen molar-refractivity contribution in [3.8, 4) is 5.75 Å². The minimum absolute atomic E-state index is 0.256. The summed E-state index contributed by atoms with van der Waals surface area (Å²) >= 11 is 0. The molecule has 0 radical (unpaired) electrons. The highest BCUT2D eigenvalue weighted by Gasteiger charge is 2.30. The summed E-state index contributed by atoms with van der Waals surface area (Å²) in [6.45, 7) is 0. The molecule has 3 rings (SSSR count). The van der Waals surface area contributed by atoms with Crippen LogP contribution < -0.4 is 5.73 Å². The van der Waals surface area contributed by atoms with Crippen LogP contribution in [0.2, 0.25) is 0 Å². The maximum Gasteiger partial charge on any atom is 0.138 e. The Hall–Kier alpha value is -1.18. The minimum Gasteiger partial charge on any atom is -0.506 e. The number of fused-ring (bicyclic) bond motifs is 3. The summed E-state index contributed by atoms with van der Waals surface area (Å²) in [7, 11) is 0. The lowest BCUT2D eigenvalue weighted by Crippen LogP contribution is -2.05. The highest BCUT2D eigenvalue weighted by atomic mass is 16.3. The molecule has 1 aromatic carbocycles. The number of nitrogens with two attached hydrogens (primary N) is 1. The standard InChI is InChI=1S/C13H17NO/c14-13-11-7-9-2-1-8(5-9)6-10(11)3-4-12(13)15/h3-4,8-9,15H,1-2,5-7,14H2. The van der Waals surface area contributed by atoms with E-state index in [1.807, 2.05) is 0 Å². The first-order chi connectivity index (χ1) is 7.24. The fourth-order valence-corrected chi connectivity index (χ4v) is 3.28. The molecule has 0 amide bonds. The van der Waals surface area contributed by atoms with E-state index in [9.17, 15) is 5.11 Å². The first-order valence-corrected chi connectivity index (χ1v) is 5.83. The van der Waals surface area contributed by atoms with Gasteiger partial charge in [0.15, 0.2) is 0 Å². The van der Waals surface area contributed by atoms with Crippen molar-refractivity contribution in [2.45, 2.75) is 32.1 Å². The molecule has 3 N–H and O–H groups in total. The zero-order chi connectivity index (χ0) is 10.4. The maximum absolute atomic E-state index is 9.61. The summed E-state index contributed by atoms with van der Waals surface area (Å²) in [6, 6.07) is 3.80. The Bertz CT molecular complexity index is 400. The molecule has 2 bridgehead atoms. The molecule has 80 valence electrons. The van der Waals surface area contributed by atoms with E-state index in [0.29, 0.717) is 5.69 Å². The average molecular weight is 203 g/mol. The van der Waals surface area contributed by atoms with E-state index in [1.54, 1.807) is 6.07 Å². The molecule has 1 fully saturated rings. The van der Waals surface area contributed by atoms with Gasteiger partial charge in [-0.15, -0.1) is 0 Å². The van der Waals surface area contributed by atoms with Gasteiger partial charge < -0.3 is 10.8 Å². The summed E-state index contributed by atoms with van der Waals surface area (Å²) in [5.74, 6) is 1.92. The lowest BCUT2D eigenvalue weighted by molar-refractivity contribution is 0.476. The molecule has 1 aromatic rings. The highest BCUT2D eigenvalue weighted by Crippen LogP contribution is 2.42. The number of aromatic hydroxyl groups is 1. The van der Waals surface area contributed by atoms with Gasteiger partial charge in [-0.25, -0.2) is 0 Å². The second-order valence-corrected chi connectivity index (χ2v) is 5.09. The molecule has 2 nitrogen and oxygen atoms in total. The van der Waals surface area contributed by atoms with Crippen LogP contribution in [-0.2, 0) is 12.8 Å². The van der Waals surface area contributed by atoms with Crippen molar-refractivity contribution in [1.29, 1.82) is 0 Å². The average Bonchev–Trinajstić information content (AvgIpc) is 2.54. The summed E-state index contributed by atoms with van der Waals surface area (Å²) < 4.78 is 0. The minimum atomic E-state index is 0.256. The van der Waals surface area contributed by atoms with Gasteiger partial charge in [-0.05, 0) is 61.1 Å². The zero-order valence-electron chi connectivity index (χ0n) is 8.87. The normalized spacial score (nSPS) is 28.5. The summed E-state index contributed by atoms with van der Waals surface area (Å²) in [5, 5.41) is 9.61. The van der Waals surface area contributed by atoms with E-state index in [-0.39, 0.29) is 5.75 Å². The van der Waals surface area contributed by atoms with E-state index in [4.69, 9.17) is 5.73 Å². The van der Waals surface area contributed by atoms with E-state index in [0.717, 1.165) is 24.7 Å². The largest absolute Gasteiger partial charge is 0.506 e. The molecule has 0 saturated heterocycles. The zero-order valence-corrected chi connectivity index (χ0v) is 8.87. The van der Waals surface area contributed by atoms with Crippen molar-refractivity contribution in [1.82, 2.24) is 0 Å². The molecule has 1 saturated carbocycles. The van der Waals surface area contributed by atoms with Gasteiger partial charge in [0.1, 0.15) is 5.75 Å². The Morgan fingerprint density at radius 2 is 1.87 bits per heavy atom. The monoisotopic (exact) mass is 203 g/mol. The number of phenolic OH excluding ortho intramolecular Hbond substituents is 1. The van der Waals surface area contributed by atoms with Gasteiger partial charge in [-0.1, -0.05) is 6.07 Å². The molecule has 0 spiro atoms. The third-order valence-electron chi connectivity index (χ3n) is 4.08. The maximum atomic E-state index is 9.61. The van der Waals surface area contributed by atoms with Crippen LogP contribution in [0.25, 0.3) is 0 Å². The number of hydrogen-bond acceptors (Lipinski definition) is 2. The number of anilines is 1. The number of benzene rings is 1. The number of hydrogen-bond donors (Lipinski definition) is 2. The van der Waals surface area contributed by atoms with Crippen LogP contribution in [0.5, 0.6) is 5.75 Å². The van der Waals surface area contributed by atoms with Crippen LogP contribution in [0.15, 0.2) is 12.1 Å². The fraction of sp³-hybridized carbons (Fsp3) is 0.538. The van der Waals surface area contributed by atoms with E-state index >= 15 is 0 Å². The van der Waals surface area contributed by atoms with E-state index < -0.39 is 0 Å². The second kappa shape index (κ2) is 3.16. The van der Waals surface area contributed by atoms with Crippen LogP contribution in [-0.4, -0.2) is 5.11 Å². The van der Waals surface area contributed by atoms with Crippen LogP contribution in [0, 0.1) is 11.8 Å². The van der Waals surface area contributed by atoms with Crippen LogP contribution in [0.1, 0.15) is 30.4 Å². The lowest BCUT2D eigenvalue weighted by atomic mass is 9.92. The SMILES string of the molecule is Nc1c(O)ccc2c1CC1CCC(C2)C1. The molecular formula is C13H17NO. The first kappa shape index (κ1) is 9.08. The van der Waals surface area contributed by atoms with Crippen LogP contribution in [0.3, 0.4) is 0 Å². The predicted molar refractivity (Wildman–Crippen MR) is 60.8 cm³/mol. The molecule has 2 unspecified atom stereocenters. The van der Waals surface area contributed by atoms with Gasteiger partial charge in [0.25, 0.3) is 0 Å².